The second-order valence-electron chi connectivity index (χ2n) is 5.58. The SMILES string of the molecule is CCCOC(=O)C1C2C=CC(C2)C1c1ccccc1. The summed E-state index contributed by atoms with van der Waals surface area (Å²) in [7, 11) is 0. The number of allylic oxidation sites excluding steroid dienone is 2. The summed E-state index contributed by atoms with van der Waals surface area (Å²) in [6, 6.07) is 10.4. The molecule has 0 spiro atoms. The summed E-state index contributed by atoms with van der Waals surface area (Å²) >= 11 is 0. The molecule has 1 aromatic rings. The number of hydrogen-bond donors (Lipinski definition) is 0. The topological polar surface area (TPSA) is 26.3 Å². The third-order valence-electron chi connectivity index (χ3n) is 4.36. The number of rotatable bonds is 4. The fraction of sp³-hybridized carbons (Fsp3) is 0.471. The average Bonchev–Trinajstić information content (AvgIpc) is 3.06. The van der Waals surface area contributed by atoms with Gasteiger partial charge in [0, 0.05) is 5.92 Å². The number of fused-ring (bicyclic) bond motifs is 2. The summed E-state index contributed by atoms with van der Waals surface area (Å²) < 4.78 is 5.41. The molecule has 2 nitrogen and oxygen atoms in total. The van der Waals surface area contributed by atoms with E-state index in [0.29, 0.717) is 24.4 Å². The minimum absolute atomic E-state index is 0.00690. The van der Waals surface area contributed by atoms with Crippen LogP contribution in [0.4, 0.5) is 0 Å². The van der Waals surface area contributed by atoms with Gasteiger partial charge in [-0.25, -0.2) is 0 Å². The molecule has 0 saturated heterocycles. The monoisotopic (exact) mass is 256 g/mol. The largest absolute Gasteiger partial charge is 0.465 e. The van der Waals surface area contributed by atoms with Crippen molar-refractivity contribution < 1.29 is 9.53 Å². The normalized spacial score (nSPS) is 31.6. The molecule has 0 aromatic heterocycles. The third-order valence-corrected chi connectivity index (χ3v) is 4.36. The van der Waals surface area contributed by atoms with Crippen molar-refractivity contribution >= 4 is 5.97 Å². The van der Waals surface area contributed by atoms with Crippen molar-refractivity contribution in [1.82, 2.24) is 0 Å². The molecule has 0 amide bonds. The van der Waals surface area contributed by atoms with Gasteiger partial charge in [-0.15, -0.1) is 0 Å². The van der Waals surface area contributed by atoms with Gasteiger partial charge in [0.05, 0.1) is 12.5 Å². The van der Waals surface area contributed by atoms with Gasteiger partial charge in [0.2, 0.25) is 0 Å². The molecule has 0 aliphatic heterocycles. The number of hydrogen-bond acceptors (Lipinski definition) is 2. The molecule has 2 bridgehead atoms. The molecular formula is C17H20O2. The zero-order valence-electron chi connectivity index (χ0n) is 11.3. The molecule has 2 aliphatic rings. The van der Waals surface area contributed by atoms with Gasteiger partial charge in [-0.05, 0) is 30.2 Å². The van der Waals surface area contributed by atoms with Crippen LogP contribution >= 0.6 is 0 Å². The summed E-state index contributed by atoms with van der Waals surface area (Å²) in [5, 5.41) is 0. The summed E-state index contributed by atoms with van der Waals surface area (Å²) in [4.78, 5) is 12.3. The van der Waals surface area contributed by atoms with Crippen molar-refractivity contribution in [2.75, 3.05) is 6.61 Å². The summed E-state index contributed by atoms with van der Waals surface area (Å²) in [6.07, 6.45) is 6.48. The van der Waals surface area contributed by atoms with Crippen LogP contribution in [-0.4, -0.2) is 12.6 Å². The standard InChI is InChI=1S/C17H20O2/c1-2-10-19-17(18)16-14-9-8-13(11-14)15(16)12-6-4-3-5-7-12/h3-9,13-16H,2,10-11H2,1H3. The molecule has 19 heavy (non-hydrogen) atoms. The van der Waals surface area contributed by atoms with Crippen molar-refractivity contribution in [3.8, 4) is 0 Å². The zero-order chi connectivity index (χ0) is 13.2. The fourth-order valence-corrected chi connectivity index (χ4v) is 3.57. The second kappa shape index (κ2) is 5.20. The molecular weight excluding hydrogens is 236 g/mol. The first-order valence-electron chi connectivity index (χ1n) is 7.21. The Kier molecular flexibility index (Phi) is 3.41. The highest BCUT2D eigenvalue weighted by molar-refractivity contribution is 5.75. The molecule has 0 N–H and O–H groups in total. The highest BCUT2D eigenvalue weighted by Gasteiger charge is 2.49. The first-order chi connectivity index (χ1) is 9.31. The van der Waals surface area contributed by atoms with Gasteiger partial charge in [-0.1, -0.05) is 49.4 Å². The van der Waals surface area contributed by atoms with Gasteiger partial charge >= 0.3 is 5.97 Å². The fourth-order valence-electron chi connectivity index (χ4n) is 3.57. The Balaban J connectivity index is 1.85. The number of benzene rings is 1. The first-order valence-corrected chi connectivity index (χ1v) is 7.21. The predicted molar refractivity (Wildman–Crippen MR) is 74.7 cm³/mol. The Hall–Kier alpha value is -1.57. The van der Waals surface area contributed by atoms with E-state index in [2.05, 4.69) is 36.4 Å². The van der Waals surface area contributed by atoms with Crippen LogP contribution in [0.5, 0.6) is 0 Å². The maximum absolute atomic E-state index is 12.3. The van der Waals surface area contributed by atoms with Gasteiger partial charge in [0.25, 0.3) is 0 Å². The lowest BCUT2D eigenvalue weighted by atomic mass is 9.78. The predicted octanol–water partition coefficient (Wildman–Crippen LogP) is 3.55. The summed E-state index contributed by atoms with van der Waals surface area (Å²) in [6.45, 7) is 2.57. The maximum atomic E-state index is 12.3. The van der Waals surface area contributed by atoms with Crippen LogP contribution in [0.25, 0.3) is 0 Å². The quantitative estimate of drug-likeness (QED) is 0.608. The molecule has 1 fully saturated rings. The van der Waals surface area contributed by atoms with Gasteiger partial charge < -0.3 is 4.74 Å². The molecule has 1 aromatic carbocycles. The lowest BCUT2D eigenvalue weighted by molar-refractivity contribution is -0.150. The number of carbonyl (C=O) groups excluding carboxylic acids is 1. The minimum Gasteiger partial charge on any atom is -0.465 e. The highest BCUT2D eigenvalue weighted by Crippen LogP contribution is 2.53. The molecule has 2 aliphatic carbocycles. The van der Waals surface area contributed by atoms with E-state index in [-0.39, 0.29) is 11.9 Å². The van der Waals surface area contributed by atoms with Gasteiger partial charge in [0.15, 0.2) is 0 Å². The Bertz CT molecular complexity index is 477. The van der Waals surface area contributed by atoms with Crippen molar-refractivity contribution in [1.29, 1.82) is 0 Å². The Morgan fingerprint density at radius 2 is 1.95 bits per heavy atom. The molecule has 0 radical (unpaired) electrons. The smallest absolute Gasteiger partial charge is 0.310 e. The van der Waals surface area contributed by atoms with Crippen LogP contribution in [0.2, 0.25) is 0 Å². The third kappa shape index (κ3) is 2.20. The van der Waals surface area contributed by atoms with Crippen LogP contribution in [0.1, 0.15) is 31.2 Å². The Labute approximate surface area is 114 Å². The highest BCUT2D eigenvalue weighted by atomic mass is 16.5. The van der Waals surface area contributed by atoms with E-state index in [1.54, 1.807) is 0 Å². The lowest BCUT2D eigenvalue weighted by Gasteiger charge is -2.26. The van der Waals surface area contributed by atoms with E-state index in [4.69, 9.17) is 4.74 Å². The lowest BCUT2D eigenvalue weighted by Crippen LogP contribution is -2.28. The van der Waals surface area contributed by atoms with Crippen molar-refractivity contribution in [2.24, 2.45) is 17.8 Å². The van der Waals surface area contributed by atoms with Crippen LogP contribution < -0.4 is 0 Å². The molecule has 100 valence electrons. The van der Waals surface area contributed by atoms with Crippen LogP contribution in [0, 0.1) is 17.8 Å². The molecule has 4 atom stereocenters. The van der Waals surface area contributed by atoms with E-state index in [1.807, 2.05) is 13.0 Å². The first kappa shape index (κ1) is 12.5. The van der Waals surface area contributed by atoms with E-state index >= 15 is 0 Å². The Morgan fingerprint density at radius 3 is 2.68 bits per heavy atom. The van der Waals surface area contributed by atoms with E-state index in [9.17, 15) is 4.79 Å². The number of esters is 1. The van der Waals surface area contributed by atoms with Gasteiger partial charge in [-0.3, -0.25) is 4.79 Å². The van der Waals surface area contributed by atoms with Crippen LogP contribution in [0.15, 0.2) is 42.5 Å². The van der Waals surface area contributed by atoms with E-state index < -0.39 is 0 Å². The number of ether oxygens (including phenoxy) is 1. The molecule has 3 rings (SSSR count). The molecule has 0 heterocycles. The zero-order valence-corrected chi connectivity index (χ0v) is 11.3. The van der Waals surface area contributed by atoms with Gasteiger partial charge in [-0.2, -0.15) is 0 Å². The summed E-state index contributed by atoms with van der Waals surface area (Å²) in [5.41, 5.74) is 1.28. The molecule has 2 heteroatoms. The molecule has 1 saturated carbocycles. The van der Waals surface area contributed by atoms with E-state index in [0.717, 1.165) is 12.8 Å². The Morgan fingerprint density at radius 1 is 1.21 bits per heavy atom. The van der Waals surface area contributed by atoms with Crippen molar-refractivity contribution in [3.05, 3.63) is 48.0 Å². The minimum atomic E-state index is -0.00690. The second-order valence-corrected chi connectivity index (χ2v) is 5.58. The average molecular weight is 256 g/mol. The van der Waals surface area contributed by atoms with Gasteiger partial charge in [0.1, 0.15) is 0 Å². The van der Waals surface area contributed by atoms with Crippen LogP contribution in [-0.2, 0) is 9.53 Å². The molecule has 4 unspecified atom stereocenters. The summed E-state index contributed by atoms with van der Waals surface area (Å²) in [5.74, 6) is 1.20. The van der Waals surface area contributed by atoms with Crippen molar-refractivity contribution in [2.45, 2.75) is 25.7 Å². The maximum Gasteiger partial charge on any atom is 0.310 e. The van der Waals surface area contributed by atoms with Crippen LogP contribution in [0.3, 0.4) is 0 Å². The van der Waals surface area contributed by atoms with Crippen molar-refractivity contribution in [3.63, 3.8) is 0 Å². The van der Waals surface area contributed by atoms with E-state index in [1.165, 1.54) is 5.56 Å². The number of carbonyl (C=O) groups is 1.